The zero-order valence-corrected chi connectivity index (χ0v) is 15.6. The molecule has 0 atom stereocenters. The summed E-state index contributed by atoms with van der Waals surface area (Å²) in [5.74, 6) is -0.998. The molecule has 0 unspecified atom stereocenters. The number of anilines is 1. The molecule has 140 valence electrons. The van der Waals surface area contributed by atoms with Crippen LogP contribution in [0.25, 0.3) is 22.3 Å². The van der Waals surface area contributed by atoms with Gasteiger partial charge in [0.2, 0.25) is 0 Å². The maximum Gasteiger partial charge on any atom is 0.336 e. The van der Waals surface area contributed by atoms with Crippen molar-refractivity contribution in [2.24, 2.45) is 0 Å². The highest BCUT2D eigenvalue weighted by molar-refractivity contribution is 6.02. The SMILES string of the molecule is CN(C)c1ccc(-c2cc(C(=O)O)c3cnn(Cc4ccncc4)c3n2)cc1. The number of rotatable bonds is 5. The van der Waals surface area contributed by atoms with Crippen molar-refractivity contribution >= 4 is 22.7 Å². The van der Waals surface area contributed by atoms with Gasteiger partial charge in [0.05, 0.1) is 29.4 Å². The summed E-state index contributed by atoms with van der Waals surface area (Å²) < 4.78 is 1.72. The Balaban J connectivity index is 1.83. The van der Waals surface area contributed by atoms with Gasteiger partial charge >= 0.3 is 5.97 Å². The van der Waals surface area contributed by atoms with Crippen LogP contribution in [-0.4, -0.2) is 44.9 Å². The van der Waals surface area contributed by atoms with Gasteiger partial charge in [0, 0.05) is 37.7 Å². The lowest BCUT2D eigenvalue weighted by atomic mass is 10.1. The van der Waals surface area contributed by atoms with Crippen molar-refractivity contribution < 1.29 is 9.90 Å². The molecule has 0 spiro atoms. The Morgan fingerprint density at radius 2 is 1.82 bits per heavy atom. The Morgan fingerprint density at radius 1 is 1.11 bits per heavy atom. The number of aromatic carboxylic acids is 1. The van der Waals surface area contributed by atoms with Gasteiger partial charge in [-0.2, -0.15) is 5.10 Å². The van der Waals surface area contributed by atoms with Crippen molar-refractivity contribution in [1.82, 2.24) is 19.7 Å². The van der Waals surface area contributed by atoms with Crippen molar-refractivity contribution in [3.63, 3.8) is 0 Å². The Labute approximate surface area is 161 Å². The largest absolute Gasteiger partial charge is 0.478 e. The first-order chi connectivity index (χ1) is 13.5. The Morgan fingerprint density at radius 3 is 2.46 bits per heavy atom. The fourth-order valence-electron chi connectivity index (χ4n) is 3.08. The highest BCUT2D eigenvalue weighted by atomic mass is 16.4. The number of pyridine rings is 2. The molecule has 28 heavy (non-hydrogen) atoms. The summed E-state index contributed by atoms with van der Waals surface area (Å²) in [7, 11) is 3.94. The van der Waals surface area contributed by atoms with Crippen LogP contribution in [0.2, 0.25) is 0 Å². The molecule has 0 aliphatic carbocycles. The Bertz CT molecular complexity index is 1130. The maximum absolute atomic E-state index is 11.8. The predicted octanol–water partition coefficient (Wildman–Crippen LogP) is 3.31. The van der Waals surface area contributed by atoms with E-state index in [1.165, 1.54) is 0 Å². The first-order valence-electron chi connectivity index (χ1n) is 8.79. The van der Waals surface area contributed by atoms with Crippen molar-refractivity contribution in [2.75, 3.05) is 19.0 Å². The van der Waals surface area contributed by atoms with E-state index in [2.05, 4.69) is 10.1 Å². The van der Waals surface area contributed by atoms with Gasteiger partial charge in [-0.1, -0.05) is 12.1 Å². The monoisotopic (exact) mass is 373 g/mol. The highest BCUT2D eigenvalue weighted by Gasteiger charge is 2.17. The molecule has 0 amide bonds. The van der Waals surface area contributed by atoms with Crippen LogP contribution in [0, 0.1) is 0 Å². The lowest BCUT2D eigenvalue weighted by molar-refractivity contribution is 0.0699. The maximum atomic E-state index is 11.8. The first kappa shape index (κ1) is 17.7. The molecule has 7 nitrogen and oxygen atoms in total. The second kappa shape index (κ2) is 7.11. The molecule has 4 rings (SSSR count). The van der Waals surface area contributed by atoms with Crippen molar-refractivity contribution in [3.05, 3.63) is 72.2 Å². The van der Waals surface area contributed by atoms with E-state index in [4.69, 9.17) is 4.98 Å². The molecule has 1 N–H and O–H groups in total. The summed E-state index contributed by atoms with van der Waals surface area (Å²) in [6, 6.07) is 13.3. The lowest BCUT2D eigenvalue weighted by Crippen LogP contribution is -2.08. The third-order valence-electron chi connectivity index (χ3n) is 4.60. The normalized spacial score (nSPS) is 10.9. The van der Waals surface area contributed by atoms with Crippen LogP contribution in [-0.2, 0) is 6.54 Å². The minimum atomic E-state index is -0.998. The van der Waals surface area contributed by atoms with Crippen LogP contribution in [0.4, 0.5) is 5.69 Å². The highest BCUT2D eigenvalue weighted by Crippen LogP contribution is 2.26. The van der Waals surface area contributed by atoms with Gasteiger partial charge in [-0.3, -0.25) is 4.98 Å². The molecule has 0 fully saturated rings. The molecule has 0 bridgehead atoms. The number of carboxylic acids is 1. The molecule has 0 aliphatic rings. The van der Waals surface area contributed by atoms with E-state index >= 15 is 0 Å². The molecule has 7 heteroatoms. The van der Waals surface area contributed by atoms with Gasteiger partial charge in [0.15, 0.2) is 5.65 Å². The van der Waals surface area contributed by atoms with E-state index in [-0.39, 0.29) is 5.56 Å². The lowest BCUT2D eigenvalue weighted by Gasteiger charge is -2.13. The van der Waals surface area contributed by atoms with Gasteiger partial charge in [-0.15, -0.1) is 0 Å². The zero-order valence-electron chi connectivity index (χ0n) is 15.6. The Kier molecular flexibility index (Phi) is 4.49. The van der Waals surface area contributed by atoms with E-state index < -0.39 is 5.97 Å². The molecule has 4 aromatic rings. The minimum Gasteiger partial charge on any atom is -0.478 e. The number of carboxylic acid groups (broad SMARTS) is 1. The molecular weight excluding hydrogens is 354 g/mol. The van der Waals surface area contributed by atoms with Crippen LogP contribution < -0.4 is 4.90 Å². The van der Waals surface area contributed by atoms with Gasteiger partial charge in [0.1, 0.15) is 0 Å². The molecule has 3 aromatic heterocycles. The third kappa shape index (κ3) is 3.29. The Hall–Kier alpha value is -3.74. The van der Waals surface area contributed by atoms with Crippen molar-refractivity contribution in [1.29, 1.82) is 0 Å². The number of aromatic nitrogens is 4. The standard InChI is InChI=1S/C21H19N5O2/c1-25(2)16-5-3-15(4-6-16)19-11-17(21(27)28)18-12-23-26(20(18)24-19)13-14-7-9-22-10-8-14/h3-12H,13H2,1-2H3,(H,27,28). The third-order valence-corrected chi connectivity index (χ3v) is 4.60. The van der Waals surface area contributed by atoms with Gasteiger partial charge in [0.25, 0.3) is 0 Å². The molecule has 1 aromatic carbocycles. The van der Waals surface area contributed by atoms with Crippen molar-refractivity contribution in [3.8, 4) is 11.3 Å². The van der Waals surface area contributed by atoms with Gasteiger partial charge < -0.3 is 10.0 Å². The van der Waals surface area contributed by atoms with Crippen LogP contribution in [0.15, 0.2) is 61.1 Å². The first-order valence-corrected chi connectivity index (χ1v) is 8.79. The van der Waals surface area contributed by atoms with E-state index in [1.54, 1.807) is 29.3 Å². The van der Waals surface area contributed by atoms with Gasteiger partial charge in [-0.05, 0) is 35.9 Å². The molecule has 3 heterocycles. The van der Waals surface area contributed by atoms with E-state index in [0.717, 1.165) is 16.8 Å². The summed E-state index contributed by atoms with van der Waals surface area (Å²) in [5, 5.41) is 14.6. The number of hydrogen-bond donors (Lipinski definition) is 1. The fourth-order valence-corrected chi connectivity index (χ4v) is 3.08. The number of fused-ring (bicyclic) bond motifs is 1. The molecule has 0 saturated carbocycles. The average Bonchev–Trinajstić information content (AvgIpc) is 3.10. The summed E-state index contributed by atoms with van der Waals surface area (Å²) in [4.78, 5) is 22.6. The van der Waals surface area contributed by atoms with E-state index in [9.17, 15) is 9.90 Å². The summed E-state index contributed by atoms with van der Waals surface area (Å²) >= 11 is 0. The molecule has 0 radical (unpaired) electrons. The van der Waals surface area contributed by atoms with E-state index in [0.29, 0.717) is 23.3 Å². The van der Waals surface area contributed by atoms with Gasteiger partial charge in [-0.25, -0.2) is 14.5 Å². The van der Waals surface area contributed by atoms with Crippen LogP contribution >= 0.6 is 0 Å². The predicted molar refractivity (Wildman–Crippen MR) is 108 cm³/mol. The van der Waals surface area contributed by atoms with Crippen LogP contribution in [0.1, 0.15) is 15.9 Å². The quantitative estimate of drug-likeness (QED) is 0.578. The summed E-state index contributed by atoms with van der Waals surface area (Å²) in [5.41, 5.74) is 4.27. The molecular formula is C21H19N5O2. The van der Waals surface area contributed by atoms with E-state index in [1.807, 2.05) is 55.4 Å². The number of carbonyl (C=O) groups is 1. The topological polar surface area (TPSA) is 84.1 Å². The number of benzene rings is 1. The summed E-state index contributed by atoms with van der Waals surface area (Å²) in [6.07, 6.45) is 5.00. The molecule has 0 saturated heterocycles. The second-order valence-corrected chi connectivity index (χ2v) is 6.70. The smallest absolute Gasteiger partial charge is 0.336 e. The van der Waals surface area contributed by atoms with Crippen molar-refractivity contribution in [2.45, 2.75) is 6.54 Å². The van der Waals surface area contributed by atoms with Crippen LogP contribution in [0.3, 0.4) is 0 Å². The fraction of sp³-hybridized carbons (Fsp3) is 0.143. The van der Waals surface area contributed by atoms with Crippen LogP contribution in [0.5, 0.6) is 0 Å². The number of nitrogens with zero attached hydrogens (tertiary/aromatic N) is 5. The second-order valence-electron chi connectivity index (χ2n) is 6.70. The summed E-state index contributed by atoms with van der Waals surface area (Å²) in [6.45, 7) is 0.487. The average molecular weight is 373 g/mol. The minimum absolute atomic E-state index is 0.192. The zero-order chi connectivity index (χ0) is 19.7. The number of hydrogen-bond acceptors (Lipinski definition) is 5. The molecule has 0 aliphatic heterocycles.